The van der Waals surface area contributed by atoms with Crippen molar-refractivity contribution in [3.05, 3.63) is 29.8 Å². The average Bonchev–Trinajstić information content (AvgIpc) is 2.29. The van der Waals surface area contributed by atoms with Crippen molar-refractivity contribution in [2.45, 2.75) is 6.10 Å². The maximum atomic E-state index is 10.9. The first-order chi connectivity index (χ1) is 7.29. The topological polar surface area (TPSA) is 59.6 Å². The van der Waals surface area contributed by atoms with Gasteiger partial charge in [0.1, 0.15) is 11.9 Å². The molecule has 5 heteroatoms. The van der Waals surface area contributed by atoms with Gasteiger partial charge in [-0.15, -0.1) is 0 Å². The molecule has 0 bridgehead atoms. The molecule has 2 rings (SSSR count). The fraction of sp³-hybridized carbons (Fsp3) is 0.300. The number of benzene rings is 1. The number of amides is 1. The zero-order valence-electron chi connectivity index (χ0n) is 8.32. The van der Waals surface area contributed by atoms with Crippen LogP contribution in [-0.2, 0) is 4.74 Å². The van der Waals surface area contributed by atoms with Crippen LogP contribution in [0, 0.1) is 0 Å². The van der Waals surface area contributed by atoms with Gasteiger partial charge in [-0.05, 0) is 17.7 Å². The molecule has 1 amide bonds. The number of nitrogens with one attached hydrogen (secondary N) is 2. The van der Waals surface area contributed by atoms with Crippen molar-refractivity contribution < 1.29 is 14.3 Å². The number of rotatable bonds is 2. The van der Waals surface area contributed by atoms with Gasteiger partial charge in [-0.25, -0.2) is 10.2 Å². The molecule has 5 nitrogen and oxygen atoms in total. The van der Waals surface area contributed by atoms with E-state index in [0.717, 1.165) is 11.3 Å². The summed E-state index contributed by atoms with van der Waals surface area (Å²) in [6, 6.07) is 7.43. The molecule has 0 saturated carbocycles. The Balaban J connectivity index is 2.11. The summed E-state index contributed by atoms with van der Waals surface area (Å²) in [5, 5.41) is 0. The smallest absolute Gasteiger partial charge is 0.422 e. The highest BCUT2D eigenvalue weighted by molar-refractivity contribution is 5.67. The van der Waals surface area contributed by atoms with Crippen LogP contribution >= 0.6 is 0 Å². The summed E-state index contributed by atoms with van der Waals surface area (Å²) in [5.41, 5.74) is 6.07. The lowest BCUT2D eigenvalue weighted by Gasteiger charge is -2.24. The Bertz CT molecular complexity index is 350. The highest BCUT2D eigenvalue weighted by atomic mass is 16.6. The van der Waals surface area contributed by atoms with E-state index < -0.39 is 6.09 Å². The van der Waals surface area contributed by atoms with Gasteiger partial charge in [-0.1, -0.05) is 12.1 Å². The molecule has 1 fully saturated rings. The lowest BCUT2D eigenvalue weighted by atomic mass is 10.1. The van der Waals surface area contributed by atoms with E-state index in [0.29, 0.717) is 6.54 Å². The molecule has 1 aliphatic heterocycles. The van der Waals surface area contributed by atoms with Gasteiger partial charge in [0, 0.05) is 0 Å². The lowest BCUT2D eigenvalue weighted by Crippen LogP contribution is -2.46. The monoisotopic (exact) mass is 208 g/mol. The van der Waals surface area contributed by atoms with E-state index in [-0.39, 0.29) is 6.10 Å². The van der Waals surface area contributed by atoms with Crippen LogP contribution in [-0.4, -0.2) is 19.7 Å². The van der Waals surface area contributed by atoms with Gasteiger partial charge in [-0.3, -0.25) is 5.43 Å². The second kappa shape index (κ2) is 4.18. The number of carbonyl (C=O) groups excluding carboxylic acids is 1. The third-order valence-corrected chi connectivity index (χ3v) is 2.21. The summed E-state index contributed by atoms with van der Waals surface area (Å²) in [7, 11) is 1.61. The van der Waals surface area contributed by atoms with Crippen molar-refractivity contribution in [1.82, 2.24) is 10.9 Å². The van der Waals surface area contributed by atoms with Gasteiger partial charge in [0.2, 0.25) is 0 Å². The molecule has 1 saturated heterocycles. The van der Waals surface area contributed by atoms with E-state index in [1.54, 1.807) is 7.11 Å². The molecule has 1 aromatic rings. The predicted molar refractivity (Wildman–Crippen MR) is 53.4 cm³/mol. The van der Waals surface area contributed by atoms with Crippen LogP contribution in [0.4, 0.5) is 4.79 Å². The van der Waals surface area contributed by atoms with Crippen LogP contribution < -0.4 is 15.6 Å². The quantitative estimate of drug-likeness (QED) is 0.760. The summed E-state index contributed by atoms with van der Waals surface area (Å²) < 4.78 is 10.1. The van der Waals surface area contributed by atoms with Crippen LogP contribution in [0.25, 0.3) is 0 Å². The number of hydrazine groups is 1. The van der Waals surface area contributed by atoms with Gasteiger partial charge in [0.05, 0.1) is 13.7 Å². The van der Waals surface area contributed by atoms with Gasteiger partial charge < -0.3 is 9.47 Å². The van der Waals surface area contributed by atoms with Crippen molar-refractivity contribution in [3.8, 4) is 5.75 Å². The summed E-state index contributed by atoms with van der Waals surface area (Å²) >= 11 is 0. The van der Waals surface area contributed by atoms with Crippen LogP contribution in [0.15, 0.2) is 24.3 Å². The zero-order chi connectivity index (χ0) is 10.7. The average molecular weight is 208 g/mol. The van der Waals surface area contributed by atoms with Crippen molar-refractivity contribution in [1.29, 1.82) is 0 Å². The maximum Gasteiger partial charge on any atom is 0.422 e. The standard InChI is InChI=1S/C10H12N2O3/c1-14-8-4-2-7(3-5-8)9-6-11-12-10(13)15-9/h2-5,9,11H,6H2,1H3,(H,12,13). The Morgan fingerprint density at radius 2 is 2.13 bits per heavy atom. The minimum Gasteiger partial charge on any atom is -0.497 e. The van der Waals surface area contributed by atoms with Crippen LogP contribution in [0.5, 0.6) is 5.75 Å². The highest BCUT2D eigenvalue weighted by Crippen LogP contribution is 2.21. The summed E-state index contributed by atoms with van der Waals surface area (Å²) in [6.45, 7) is 0.554. The molecular weight excluding hydrogens is 196 g/mol. The van der Waals surface area contributed by atoms with Gasteiger partial charge in [0.25, 0.3) is 0 Å². The van der Waals surface area contributed by atoms with E-state index in [4.69, 9.17) is 9.47 Å². The van der Waals surface area contributed by atoms with E-state index in [2.05, 4.69) is 10.9 Å². The third-order valence-electron chi connectivity index (χ3n) is 2.21. The summed E-state index contributed by atoms with van der Waals surface area (Å²) in [5.74, 6) is 0.784. The van der Waals surface area contributed by atoms with E-state index in [1.165, 1.54) is 0 Å². The van der Waals surface area contributed by atoms with E-state index in [9.17, 15) is 4.79 Å². The second-order valence-corrected chi connectivity index (χ2v) is 3.17. The summed E-state index contributed by atoms with van der Waals surface area (Å²) in [6.07, 6.45) is -0.702. The molecule has 0 spiro atoms. The second-order valence-electron chi connectivity index (χ2n) is 3.17. The fourth-order valence-electron chi connectivity index (χ4n) is 1.42. The Hall–Kier alpha value is -1.75. The largest absolute Gasteiger partial charge is 0.497 e. The molecule has 1 heterocycles. The van der Waals surface area contributed by atoms with Crippen molar-refractivity contribution in [3.63, 3.8) is 0 Å². The van der Waals surface area contributed by atoms with E-state index >= 15 is 0 Å². The normalized spacial score (nSPS) is 20.3. The highest BCUT2D eigenvalue weighted by Gasteiger charge is 2.20. The lowest BCUT2D eigenvalue weighted by molar-refractivity contribution is 0.0679. The van der Waals surface area contributed by atoms with Gasteiger partial charge in [-0.2, -0.15) is 0 Å². The number of hydrogen-bond donors (Lipinski definition) is 2. The van der Waals surface area contributed by atoms with Crippen molar-refractivity contribution >= 4 is 6.09 Å². The molecule has 0 aromatic heterocycles. The van der Waals surface area contributed by atoms with Gasteiger partial charge >= 0.3 is 6.09 Å². The molecule has 0 aliphatic carbocycles. The molecule has 0 radical (unpaired) electrons. The number of hydrogen-bond acceptors (Lipinski definition) is 4. The van der Waals surface area contributed by atoms with Crippen LogP contribution in [0.1, 0.15) is 11.7 Å². The number of ether oxygens (including phenoxy) is 2. The first-order valence-electron chi connectivity index (χ1n) is 4.63. The first kappa shape index (κ1) is 9.79. The SMILES string of the molecule is COc1ccc(C2CNNC(=O)O2)cc1. The van der Waals surface area contributed by atoms with Gasteiger partial charge in [0.15, 0.2) is 0 Å². The van der Waals surface area contributed by atoms with Crippen LogP contribution in [0.2, 0.25) is 0 Å². The maximum absolute atomic E-state index is 10.9. The Morgan fingerprint density at radius 3 is 2.73 bits per heavy atom. The molecule has 1 atom stereocenters. The number of carbonyl (C=O) groups is 1. The van der Waals surface area contributed by atoms with Crippen molar-refractivity contribution in [2.24, 2.45) is 0 Å². The molecule has 2 N–H and O–H groups in total. The number of cyclic esters (lactones) is 1. The third kappa shape index (κ3) is 2.19. The molecule has 1 aliphatic rings. The Kier molecular flexibility index (Phi) is 2.73. The summed E-state index contributed by atoms with van der Waals surface area (Å²) in [4.78, 5) is 10.9. The minimum absolute atomic E-state index is 0.246. The Labute approximate surface area is 87.3 Å². The molecule has 80 valence electrons. The van der Waals surface area contributed by atoms with Crippen molar-refractivity contribution in [2.75, 3.05) is 13.7 Å². The predicted octanol–water partition coefficient (Wildman–Crippen LogP) is 0.981. The molecule has 15 heavy (non-hydrogen) atoms. The molecular formula is C10H12N2O3. The number of methoxy groups -OCH3 is 1. The molecule has 1 aromatic carbocycles. The molecule has 1 unspecified atom stereocenters. The minimum atomic E-state index is -0.456. The van der Waals surface area contributed by atoms with E-state index in [1.807, 2.05) is 24.3 Å². The Morgan fingerprint density at radius 1 is 1.40 bits per heavy atom. The first-order valence-corrected chi connectivity index (χ1v) is 4.63. The van der Waals surface area contributed by atoms with Crippen LogP contribution in [0.3, 0.4) is 0 Å². The zero-order valence-corrected chi connectivity index (χ0v) is 8.32. The fourth-order valence-corrected chi connectivity index (χ4v) is 1.42.